The summed E-state index contributed by atoms with van der Waals surface area (Å²) in [5.41, 5.74) is 0.446. The Morgan fingerprint density at radius 2 is 2.20 bits per heavy atom. The molecule has 0 saturated heterocycles. The zero-order chi connectivity index (χ0) is 11.6. The van der Waals surface area contributed by atoms with E-state index in [2.05, 4.69) is 15.9 Å². The number of carbonyl (C=O) groups is 1. The minimum atomic E-state index is -0.535. The van der Waals surface area contributed by atoms with Crippen LogP contribution in [0.5, 0.6) is 0 Å². The van der Waals surface area contributed by atoms with Gasteiger partial charge >= 0.3 is 0 Å². The van der Waals surface area contributed by atoms with E-state index < -0.39 is 9.75 Å². The van der Waals surface area contributed by atoms with E-state index in [9.17, 15) is 14.9 Å². The van der Waals surface area contributed by atoms with E-state index in [4.69, 9.17) is 11.6 Å². The molecular formula is C9H7BrClNO3. The fraction of sp³-hybridized carbons (Fsp3) is 0.222. The van der Waals surface area contributed by atoms with Gasteiger partial charge in [0.1, 0.15) is 5.78 Å². The molecule has 0 aliphatic rings. The molecule has 4 nitrogen and oxygen atoms in total. The van der Waals surface area contributed by atoms with Crippen LogP contribution in [0.3, 0.4) is 0 Å². The molecule has 1 unspecified atom stereocenters. The summed E-state index contributed by atoms with van der Waals surface area (Å²) in [4.78, 5) is 20.5. The molecule has 1 rings (SSSR count). The molecule has 0 fully saturated rings. The maximum Gasteiger partial charge on any atom is 0.270 e. The average molecular weight is 293 g/mol. The third-order valence-electron chi connectivity index (χ3n) is 1.82. The maximum absolute atomic E-state index is 11.1. The molecule has 1 atom stereocenters. The van der Waals surface area contributed by atoms with Crippen molar-refractivity contribution in [3.8, 4) is 0 Å². The fourth-order valence-electron chi connectivity index (χ4n) is 1.05. The van der Waals surface area contributed by atoms with Gasteiger partial charge in [0.15, 0.2) is 0 Å². The van der Waals surface area contributed by atoms with Gasteiger partial charge in [-0.05, 0) is 18.6 Å². The average Bonchev–Trinajstić information content (AvgIpc) is 2.16. The molecule has 15 heavy (non-hydrogen) atoms. The minimum Gasteiger partial charge on any atom is -0.298 e. The molecule has 0 aromatic heterocycles. The summed E-state index contributed by atoms with van der Waals surface area (Å²) in [6, 6.07) is 4.02. The molecular weight excluding hydrogens is 285 g/mol. The zero-order valence-electron chi connectivity index (χ0n) is 7.74. The molecule has 0 aliphatic heterocycles. The second-order valence-electron chi connectivity index (χ2n) is 2.94. The summed E-state index contributed by atoms with van der Waals surface area (Å²) in [7, 11) is 0. The van der Waals surface area contributed by atoms with Gasteiger partial charge in [0, 0.05) is 12.1 Å². The summed E-state index contributed by atoms with van der Waals surface area (Å²) in [5.74, 6) is -0.106. The summed E-state index contributed by atoms with van der Waals surface area (Å²) >= 11 is 8.98. The number of alkyl halides is 1. The van der Waals surface area contributed by atoms with Gasteiger partial charge in [-0.25, -0.2) is 0 Å². The Morgan fingerprint density at radius 1 is 1.60 bits per heavy atom. The third kappa shape index (κ3) is 2.76. The molecule has 1 aromatic carbocycles. The normalized spacial score (nSPS) is 12.2. The Hall–Kier alpha value is -0.940. The number of nitrogens with zero attached hydrogens (tertiary/aromatic N) is 1. The van der Waals surface area contributed by atoms with Gasteiger partial charge in [-0.3, -0.25) is 14.9 Å². The van der Waals surface area contributed by atoms with Crippen LogP contribution < -0.4 is 0 Å². The maximum atomic E-state index is 11.1. The van der Waals surface area contributed by atoms with Crippen molar-refractivity contribution in [3.05, 3.63) is 38.9 Å². The van der Waals surface area contributed by atoms with Gasteiger partial charge in [-0.15, -0.1) is 0 Å². The van der Waals surface area contributed by atoms with Crippen LogP contribution in [0.2, 0.25) is 5.02 Å². The van der Waals surface area contributed by atoms with Gasteiger partial charge in [-0.1, -0.05) is 27.5 Å². The number of halogens is 2. The van der Waals surface area contributed by atoms with E-state index in [0.29, 0.717) is 5.56 Å². The lowest BCUT2D eigenvalue weighted by Gasteiger charge is -2.07. The highest BCUT2D eigenvalue weighted by atomic mass is 79.9. The Balaban J connectivity index is 3.13. The number of nitro groups is 1. The molecule has 0 amide bonds. The van der Waals surface area contributed by atoms with E-state index >= 15 is 0 Å². The number of Topliss-reactive ketones (excluding diaryl/α,β-unsaturated/α-hetero) is 1. The standard InChI is InChI=1S/C9H7BrClNO3/c1-5(13)9(10)7-3-2-6(12(14)15)4-8(7)11/h2-4,9H,1H3. The van der Waals surface area contributed by atoms with Crippen molar-refractivity contribution in [3.63, 3.8) is 0 Å². The predicted octanol–water partition coefficient (Wildman–Crippen LogP) is 3.27. The molecule has 0 spiro atoms. The van der Waals surface area contributed by atoms with Crippen molar-refractivity contribution >= 4 is 39.0 Å². The first-order chi connectivity index (χ1) is 6.93. The number of hydrogen-bond donors (Lipinski definition) is 0. The number of rotatable bonds is 3. The molecule has 0 aliphatic carbocycles. The molecule has 0 radical (unpaired) electrons. The van der Waals surface area contributed by atoms with Crippen LogP contribution in [0.4, 0.5) is 5.69 Å². The summed E-state index contributed by atoms with van der Waals surface area (Å²) in [6.07, 6.45) is 0. The van der Waals surface area contributed by atoms with Gasteiger partial charge in [0.05, 0.1) is 14.8 Å². The predicted molar refractivity (Wildman–Crippen MR) is 60.5 cm³/mol. The molecule has 6 heteroatoms. The molecule has 0 N–H and O–H groups in total. The number of ketones is 1. The molecule has 0 saturated carbocycles. The Bertz CT molecular complexity index is 422. The number of non-ortho nitro benzene ring substituents is 1. The summed E-state index contributed by atoms with van der Waals surface area (Å²) < 4.78 is 0. The fourth-order valence-corrected chi connectivity index (χ4v) is 1.87. The van der Waals surface area contributed by atoms with Crippen LogP contribution in [0.15, 0.2) is 18.2 Å². The zero-order valence-corrected chi connectivity index (χ0v) is 10.1. The molecule has 80 valence electrons. The summed E-state index contributed by atoms with van der Waals surface area (Å²) in [5, 5.41) is 10.6. The summed E-state index contributed by atoms with van der Waals surface area (Å²) in [6.45, 7) is 1.41. The van der Waals surface area contributed by atoms with E-state index in [1.807, 2.05) is 0 Å². The third-order valence-corrected chi connectivity index (χ3v) is 3.29. The van der Waals surface area contributed by atoms with Crippen LogP contribution >= 0.6 is 27.5 Å². The van der Waals surface area contributed by atoms with Gasteiger partial charge < -0.3 is 0 Å². The lowest BCUT2D eigenvalue weighted by Crippen LogP contribution is -2.02. The van der Waals surface area contributed by atoms with Crippen LogP contribution in [0, 0.1) is 10.1 Å². The first-order valence-corrected chi connectivity index (χ1v) is 5.31. The highest BCUT2D eigenvalue weighted by Gasteiger charge is 2.18. The number of carbonyl (C=O) groups excluding carboxylic acids is 1. The van der Waals surface area contributed by atoms with E-state index in [1.54, 1.807) is 0 Å². The molecule has 0 heterocycles. The Kier molecular flexibility index (Phi) is 3.82. The molecule has 0 bridgehead atoms. The topological polar surface area (TPSA) is 60.2 Å². The van der Waals surface area contributed by atoms with Crippen molar-refractivity contribution in [2.24, 2.45) is 0 Å². The van der Waals surface area contributed by atoms with E-state index in [1.165, 1.54) is 25.1 Å². The second-order valence-corrected chi connectivity index (χ2v) is 4.26. The quantitative estimate of drug-likeness (QED) is 0.488. The van der Waals surface area contributed by atoms with Crippen LogP contribution in [0.25, 0.3) is 0 Å². The minimum absolute atomic E-state index is 0.0907. The van der Waals surface area contributed by atoms with Crippen molar-refractivity contribution in [1.82, 2.24) is 0 Å². The first kappa shape index (κ1) is 12.1. The van der Waals surface area contributed by atoms with Crippen LogP contribution in [0.1, 0.15) is 17.3 Å². The number of hydrogen-bond acceptors (Lipinski definition) is 3. The Morgan fingerprint density at radius 3 is 2.60 bits per heavy atom. The van der Waals surface area contributed by atoms with Gasteiger partial charge in [0.2, 0.25) is 0 Å². The highest BCUT2D eigenvalue weighted by Crippen LogP contribution is 2.32. The largest absolute Gasteiger partial charge is 0.298 e. The first-order valence-electron chi connectivity index (χ1n) is 4.02. The lowest BCUT2D eigenvalue weighted by molar-refractivity contribution is -0.384. The van der Waals surface area contributed by atoms with Gasteiger partial charge in [0.25, 0.3) is 5.69 Å². The smallest absolute Gasteiger partial charge is 0.270 e. The molecule has 1 aromatic rings. The van der Waals surface area contributed by atoms with Crippen molar-refractivity contribution in [1.29, 1.82) is 0 Å². The SMILES string of the molecule is CC(=O)C(Br)c1ccc([N+](=O)[O-])cc1Cl. The number of nitro benzene ring substituents is 1. The Labute approximate surface area is 99.5 Å². The van der Waals surface area contributed by atoms with Crippen molar-refractivity contribution in [2.45, 2.75) is 11.8 Å². The second kappa shape index (κ2) is 4.72. The van der Waals surface area contributed by atoms with Crippen molar-refractivity contribution in [2.75, 3.05) is 0 Å². The van der Waals surface area contributed by atoms with Crippen molar-refractivity contribution < 1.29 is 9.72 Å². The van der Waals surface area contributed by atoms with E-state index in [0.717, 1.165) is 0 Å². The number of benzene rings is 1. The lowest BCUT2D eigenvalue weighted by atomic mass is 10.1. The monoisotopic (exact) mass is 291 g/mol. The van der Waals surface area contributed by atoms with Crippen LogP contribution in [-0.2, 0) is 4.79 Å². The van der Waals surface area contributed by atoms with Gasteiger partial charge in [-0.2, -0.15) is 0 Å². The highest BCUT2D eigenvalue weighted by molar-refractivity contribution is 9.09. The van der Waals surface area contributed by atoms with E-state index in [-0.39, 0.29) is 16.5 Å². The van der Waals surface area contributed by atoms with Crippen LogP contribution in [-0.4, -0.2) is 10.7 Å².